The summed E-state index contributed by atoms with van der Waals surface area (Å²) in [6, 6.07) is 0. The van der Waals surface area contributed by atoms with E-state index in [1.54, 1.807) is 0 Å². The van der Waals surface area contributed by atoms with Gasteiger partial charge >= 0.3 is 0 Å². The molecule has 104 valence electrons. The third kappa shape index (κ3) is 8.58. The third-order valence-electron chi connectivity index (χ3n) is 3.17. The van der Waals surface area contributed by atoms with E-state index >= 15 is 0 Å². The average Bonchev–Trinajstić information content (AvgIpc) is 2.29. The molecule has 0 aromatic carbocycles. The van der Waals surface area contributed by atoms with E-state index in [-0.39, 0.29) is 12.2 Å². The van der Waals surface area contributed by atoms with Gasteiger partial charge in [0.15, 0.2) is 0 Å². The van der Waals surface area contributed by atoms with Crippen LogP contribution in [0.3, 0.4) is 0 Å². The molecule has 0 aromatic rings. The highest BCUT2D eigenvalue weighted by Gasteiger charge is 2.25. The maximum Gasteiger partial charge on any atom is 0.0707 e. The van der Waals surface area contributed by atoms with Gasteiger partial charge in [-0.3, -0.25) is 0 Å². The Labute approximate surface area is 107 Å². The molecule has 0 aliphatic heterocycles. The van der Waals surface area contributed by atoms with Gasteiger partial charge < -0.3 is 14.6 Å². The Morgan fingerprint density at radius 2 is 1.88 bits per heavy atom. The summed E-state index contributed by atoms with van der Waals surface area (Å²) in [4.78, 5) is 0. The van der Waals surface area contributed by atoms with Crippen molar-refractivity contribution < 1.29 is 14.6 Å². The lowest BCUT2D eigenvalue weighted by atomic mass is 9.88. The van der Waals surface area contributed by atoms with E-state index < -0.39 is 0 Å². The first-order valence-electron chi connectivity index (χ1n) is 6.90. The Hall–Kier alpha value is -0.120. The summed E-state index contributed by atoms with van der Waals surface area (Å²) in [7, 11) is 0. The van der Waals surface area contributed by atoms with Gasteiger partial charge in [0.1, 0.15) is 0 Å². The number of aliphatic hydroxyl groups is 1. The maximum atomic E-state index is 8.59. The molecule has 17 heavy (non-hydrogen) atoms. The fourth-order valence-corrected chi connectivity index (χ4v) is 2.16. The second-order valence-electron chi connectivity index (χ2n) is 5.10. The van der Waals surface area contributed by atoms with Crippen molar-refractivity contribution in [3.05, 3.63) is 0 Å². The summed E-state index contributed by atoms with van der Waals surface area (Å²) in [6.07, 6.45) is 4.54. The summed E-state index contributed by atoms with van der Waals surface area (Å²) in [5, 5.41) is 8.59. The summed E-state index contributed by atoms with van der Waals surface area (Å²) in [5.74, 6) is 0.699. The van der Waals surface area contributed by atoms with Gasteiger partial charge in [-0.2, -0.15) is 0 Å². The molecular weight excluding hydrogens is 216 g/mol. The Kier molecular flexibility index (Phi) is 9.79. The molecular formula is C14H30O3. The van der Waals surface area contributed by atoms with Crippen LogP contribution in [0, 0.1) is 5.92 Å². The average molecular weight is 246 g/mol. The molecule has 0 amide bonds. The van der Waals surface area contributed by atoms with Crippen molar-refractivity contribution in [1.82, 2.24) is 0 Å². The van der Waals surface area contributed by atoms with Gasteiger partial charge in [-0.25, -0.2) is 0 Å². The number of hydrogen-bond acceptors (Lipinski definition) is 3. The van der Waals surface area contributed by atoms with E-state index in [4.69, 9.17) is 14.6 Å². The number of ether oxygens (including phenoxy) is 2. The van der Waals surface area contributed by atoms with Crippen molar-refractivity contribution in [2.24, 2.45) is 5.92 Å². The summed E-state index contributed by atoms with van der Waals surface area (Å²) < 4.78 is 11.2. The zero-order valence-corrected chi connectivity index (χ0v) is 12.0. The van der Waals surface area contributed by atoms with Crippen LogP contribution in [-0.2, 0) is 9.47 Å². The topological polar surface area (TPSA) is 38.7 Å². The van der Waals surface area contributed by atoms with E-state index in [0.717, 1.165) is 19.3 Å². The second kappa shape index (κ2) is 9.86. The van der Waals surface area contributed by atoms with Gasteiger partial charge in [0.05, 0.1) is 32.0 Å². The van der Waals surface area contributed by atoms with Crippen molar-refractivity contribution >= 4 is 0 Å². The van der Waals surface area contributed by atoms with Crippen LogP contribution in [0.25, 0.3) is 0 Å². The van der Waals surface area contributed by atoms with Crippen LogP contribution in [0.2, 0.25) is 0 Å². The second-order valence-corrected chi connectivity index (χ2v) is 5.10. The molecule has 3 heteroatoms. The largest absolute Gasteiger partial charge is 0.394 e. The number of aliphatic hydroxyl groups excluding tert-OH is 1. The van der Waals surface area contributed by atoms with Crippen molar-refractivity contribution in [1.29, 1.82) is 0 Å². The molecule has 0 heterocycles. The van der Waals surface area contributed by atoms with Crippen LogP contribution in [0.15, 0.2) is 0 Å². The van der Waals surface area contributed by atoms with E-state index in [9.17, 15) is 0 Å². The molecule has 0 radical (unpaired) electrons. The first-order chi connectivity index (χ1) is 8.08. The summed E-state index contributed by atoms with van der Waals surface area (Å²) >= 11 is 0. The van der Waals surface area contributed by atoms with Crippen molar-refractivity contribution in [3.8, 4) is 0 Å². The molecule has 0 saturated carbocycles. The Morgan fingerprint density at radius 1 is 1.18 bits per heavy atom. The van der Waals surface area contributed by atoms with Gasteiger partial charge in [0.2, 0.25) is 0 Å². The molecule has 0 saturated heterocycles. The molecule has 0 bridgehead atoms. The Morgan fingerprint density at radius 3 is 2.41 bits per heavy atom. The fourth-order valence-electron chi connectivity index (χ4n) is 2.16. The molecule has 0 rings (SSSR count). The SMILES string of the molecule is CCCC(C)(CC(C)CC)OCCOCCO. The standard InChI is InChI=1S/C14H30O3/c1-5-7-14(4,12-13(3)6-2)17-11-10-16-9-8-15/h13,15H,5-12H2,1-4H3. The molecule has 2 atom stereocenters. The highest BCUT2D eigenvalue weighted by Crippen LogP contribution is 2.27. The molecule has 0 aromatic heterocycles. The van der Waals surface area contributed by atoms with Crippen LogP contribution in [0.1, 0.15) is 53.4 Å². The lowest BCUT2D eigenvalue weighted by Gasteiger charge is -2.32. The zero-order valence-electron chi connectivity index (χ0n) is 12.0. The van der Waals surface area contributed by atoms with Gasteiger partial charge in [-0.15, -0.1) is 0 Å². The van der Waals surface area contributed by atoms with Crippen LogP contribution in [0.4, 0.5) is 0 Å². The van der Waals surface area contributed by atoms with E-state index in [1.807, 2.05) is 0 Å². The van der Waals surface area contributed by atoms with E-state index in [2.05, 4.69) is 27.7 Å². The smallest absolute Gasteiger partial charge is 0.0707 e. The zero-order chi connectivity index (χ0) is 13.1. The number of hydrogen-bond donors (Lipinski definition) is 1. The monoisotopic (exact) mass is 246 g/mol. The molecule has 0 spiro atoms. The third-order valence-corrected chi connectivity index (χ3v) is 3.17. The predicted molar refractivity (Wildman–Crippen MR) is 71.2 cm³/mol. The van der Waals surface area contributed by atoms with Gasteiger partial charge in [-0.05, 0) is 25.7 Å². The highest BCUT2D eigenvalue weighted by atomic mass is 16.5. The van der Waals surface area contributed by atoms with Crippen molar-refractivity contribution in [2.45, 2.75) is 59.0 Å². The normalized spacial score (nSPS) is 16.8. The first-order valence-corrected chi connectivity index (χ1v) is 6.90. The van der Waals surface area contributed by atoms with Gasteiger partial charge in [0.25, 0.3) is 0 Å². The molecule has 0 aliphatic carbocycles. The number of rotatable bonds is 11. The lowest BCUT2D eigenvalue weighted by molar-refractivity contribution is -0.0754. The maximum absolute atomic E-state index is 8.59. The summed E-state index contributed by atoms with van der Waals surface area (Å²) in [5.41, 5.74) is -0.0211. The molecule has 1 N–H and O–H groups in total. The quantitative estimate of drug-likeness (QED) is 0.570. The minimum atomic E-state index is -0.0211. The van der Waals surface area contributed by atoms with Crippen LogP contribution in [0.5, 0.6) is 0 Å². The van der Waals surface area contributed by atoms with E-state index in [0.29, 0.717) is 25.7 Å². The molecule has 2 unspecified atom stereocenters. The minimum Gasteiger partial charge on any atom is -0.394 e. The van der Waals surface area contributed by atoms with Gasteiger partial charge in [-0.1, -0.05) is 33.6 Å². The van der Waals surface area contributed by atoms with Crippen molar-refractivity contribution in [2.75, 3.05) is 26.4 Å². The highest BCUT2D eigenvalue weighted by molar-refractivity contribution is 4.77. The summed E-state index contributed by atoms with van der Waals surface area (Å²) in [6.45, 7) is 10.6. The molecule has 0 aliphatic rings. The van der Waals surface area contributed by atoms with Crippen LogP contribution < -0.4 is 0 Å². The van der Waals surface area contributed by atoms with Crippen LogP contribution >= 0.6 is 0 Å². The first kappa shape index (κ1) is 16.9. The van der Waals surface area contributed by atoms with Crippen LogP contribution in [-0.4, -0.2) is 37.1 Å². The Balaban J connectivity index is 3.93. The molecule has 0 fully saturated rings. The van der Waals surface area contributed by atoms with E-state index in [1.165, 1.54) is 6.42 Å². The molecule has 3 nitrogen and oxygen atoms in total. The predicted octanol–water partition coefficient (Wildman–Crippen LogP) is 3.01. The van der Waals surface area contributed by atoms with Crippen molar-refractivity contribution in [3.63, 3.8) is 0 Å². The Bertz CT molecular complexity index is 173. The fraction of sp³-hybridized carbons (Fsp3) is 1.00. The minimum absolute atomic E-state index is 0.0211. The lowest BCUT2D eigenvalue weighted by Crippen LogP contribution is -2.32. The van der Waals surface area contributed by atoms with Gasteiger partial charge in [0, 0.05) is 0 Å².